The Morgan fingerprint density at radius 3 is 2.93 bits per heavy atom. The smallest absolute Gasteiger partial charge is 0.263 e. The fourth-order valence-corrected chi connectivity index (χ4v) is 5.83. The highest BCUT2D eigenvalue weighted by Gasteiger charge is 2.24. The summed E-state index contributed by atoms with van der Waals surface area (Å²) in [6.45, 7) is 5.79. The van der Waals surface area contributed by atoms with Crippen molar-refractivity contribution in [1.29, 1.82) is 0 Å². The Morgan fingerprint density at radius 1 is 1.40 bits per heavy atom. The molecule has 0 fully saturated rings. The molecule has 0 aliphatic heterocycles. The van der Waals surface area contributed by atoms with Gasteiger partial charge in [0.1, 0.15) is 10.6 Å². The Bertz CT molecular complexity index is 1190. The number of carbonyl (C=O) groups excluding carboxylic acids is 1. The molecule has 156 valence electrons. The van der Waals surface area contributed by atoms with E-state index in [-0.39, 0.29) is 17.2 Å². The van der Waals surface area contributed by atoms with Gasteiger partial charge in [-0.2, -0.15) is 0 Å². The predicted octanol–water partition coefficient (Wildman–Crippen LogP) is 4.78. The molecular weight excluding hydrogens is 421 g/mol. The van der Waals surface area contributed by atoms with Crippen LogP contribution >= 0.6 is 23.1 Å². The third-order valence-corrected chi connectivity index (χ3v) is 7.41. The van der Waals surface area contributed by atoms with Gasteiger partial charge in [-0.25, -0.2) is 9.37 Å². The van der Waals surface area contributed by atoms with Gasteiger partial charge in [0.2, 0.25) is 5.91 Å². The maximum Gasteiger partial charge on any atom is 0.263 e. The SMILES string of the molecule is C=CCn1c(SC(C)C(=O)Nc2ccccc2F)nc2sc3c(c2c1=O)CCCC3. The fourth-order valence-electron chi connectivity index (χ4n) is 3.61. The minimum atomic E-state index is -0.570. The molecule has 0 saturated heterocycles. The highest BCUT2D eigenvalue weighted by Crippen LogP contribution is 2.35. The lowest BCUT2D eigenvalue weighted by Gasteiger charge is -2.15. The second-order valence-corrected chi connectivity index (χ2v) is 9.61. The van der Waals surface area contributed by atoms with E-state index in [0.29, 0.717) is 17.1 Å². The normalized spacial score (nSPS) is 14.3. The van der Waals surface area contributed by atoms with Gasteiger partial charge in [-0.15, -0.1) is 17.9 Å². The Labute approximate surface area is 182 Å². The van der Waals surface area contributed by atoms with E-state index in [1.165, 1.54) is 28.8 Å². The number of benzene rings is 1. The molecule has 1 amide bonds. The van der Waals surface area contributed by atoms with E-state index >= 15 is 0 Å². The number of allylic oxidation sites excluding steroid dienone is 1. The third kappa shape index (κ3) is 3.94. The van der Waals surface area contributed by atoms with Crippen LogP contribution in [0.4, 0.5) is 10.1 Å². The number of fused-ring (bicyclic) bond motifs is 3. The number of hydrogen-bond acceptors (Lipinski definition) is 5. The maximum absolute atomic E-state index is 13.9. The highest BCUT2D eigenvalue weighted by molar-refractivity contribution is 8.00. The summed E-state index contributed by atoms with van der Waals surface area (Å²) in [5, 5.41) is 3.22. The predicted molar refractivity (Wildman–Crippen MR) is 121 cm³/mol. The quantitative estimate of drug-likeness (QED) is 0.338. The third-order valence-electron chi connectivity index (χ3n) is 5.13. The summed E-state index contributed by atoms with van der Waals surface area (Å²) >= 11 is 2.78. The van der Waals surface area contributed by atoms with Crippen molar-refractivity contribution in [3.05, 3.63) is 63.5 Å². The van der Waals surface area contributed by atoms with Crippen LogP contribution in [-0.2, 0) is 24.2 Å². The van der Waals surface area contributed by atoms with Crippen molar-refractivity contribution in [2.75, 3.05) is 5.32 Å². The molecule has 0 radical (unpaired) electrons. The summed E-state index contributed by atoms with van der Waals surface area (Å²) in [5.41, 5.74) is 1.19. The van der Waals surface area contributed by atoms with Gasteiger partial charge in [0.05, 0.1) is 16.3 Å². The highest BCUT2D eigenvalue weighted by atomic mass is 32.2. The minimum Gasteiger partial charge on any atom is -0.323 e. The number of rotatable bonds is 6. The molecule has 1 aromatic carbocycles. The van der Waals surface area contributed by atoms with Crippen molar-refractivity contribution in [3.63, 3.8) is 0 Å². The number of anilines is 1. The number of aromatic nitrogens is 2. The van der Waals surface area contributed by atoms with Gasteiger partial charge in [-0.05, 0) is 50.3 Å². The number of para-hydroxylation sites is 1. The number of halogens is 1. The summed E-state index contributed by atoms with van der Waals surface area (Å²) in [7, 11) is 0. The van der Waals surface area contributed by atoms with E-state index in [2.05, 4.69) is 11.9 Å². The molecule has 0 saturated carbocycles. The van der Waals surface area contributed by atoms with Crippen molar-refractivity contribution in [1.82, 2.24) is 9.55 Å². The van der Waals surface area contributed by atoms with E-state index in [0.717, 1.165) is 36.1 Å². The topological polar surface area (TPSA) is 64.0 Å². The molecule has 1 atom stereocenters. The molecule has 1 unspecified atom stereocenters. The summed E-state index contributed by atoms with van der Waals surface area (Å²) in [6.07, 6.45) is 5.77. The molecule has 4 rings (SSSR count). The molecule has 2 aromatic heterocycles. The number of amides is 1. The molecule has 3 aromatic rings. The van der Waals surface area contributed by atoms with Crippen LogP contribution in [0, 0.1) is 5.82 Å². The van der Waals surface area contributed by atoms with E-state index in [1.807, 2.05) is 0 Å². The number of nitrogens with zero attached hydrogens (tertiary/aromatic N) is 2. The van der Waals surface area contributed by atoms with E-state index in [4.69, 9.17) is 4.98 Å². The summed E-state index contributed by atoms with van der Waals surface area (Å²) in [4.78, 5) is 32.6. The van der Waals surface area contributed by atoms with Crippen LogP contribution in [0.25, 0.3) is 10.2 Å². The standard InChI is InChI=1S/C22H22FN3O2S2/c1-3-12-26-21(28)18-14-8-4-7-11-17(14)30-20(18)25-22(26)29-13(2)19(27)24-16-10-6-5-9-15(16)23/h3,5-6,9-10,13H,1,4,7-8,11-12H2,2H3,(H,24,27). The molecule has 1 N–H and O–H groups in total. The first-order valence-electron chi connectivity index (χ1n) is 9.87. The van der Waals surface area contributed by atoms with E-state index in [1.54, 1.807) is 41.0 Å². The van der Waals surface area contributed by atoms with Gasteiger partial charge in [0.15, 0.2) is 5.16 Å². The lowest BCUT2D eigenvalue weighted by atomic mass is 9.97. The molecule has 8 heteroatoms. The van der Waals surface area contributed by atoms with Gasteiger partial charge in [-0.3, -0.25) is 14.2 Å². The lowest BCUT2D eigenvalue weighted by Crippen LogP contribution is -2.27. The number of aryl methyl sites for hydroxylation is 2. The van der Waals surface area contributed by atoms with Crippen molar-refractivity contribution >= 4 is 44.9 Å². The zero-order valence-corrected chi connectivity index (χ0v) is 18.2. The Morgan fingerprint density at radius 2 is 2.17 bits per heavy atom. The van der Waals surface area contributed by atoms with Gasteiger partial charge < -0.3 is 5.32 Å². The molecular formula is C22H22FN3O2S2. The molecule has 0 spiro atoms. The van der Waals surface area contributed by atoms with Crippen molar-refractivity contribution in [2.24, 2.45) is 0 Å². The zero-order chi connectivity index (χ0) is 21.3. The number of hydrogen-bond donors (Lipinski definition) is 1. The van der Waals surface area contributed by atoms with Gasteiger partial charge >= 0.3 is 0 Å². The van der Waals surface area contributed by atoms with Crippen LogP contribution in [0.2, 0.25) is 0 Å². The lowest BCUT2D eigenvalue weighted by molar-refractivity contribution is -0.115. The minimum absolute atomic E-state index is 0.0801. The maximum atomic E-state index is 13.9. The molecule has 1 aliphatic carbocycles. The zero-order valence-electron chi connectivity index (χ0n) is 16.6. The van der Waals surface area contributed by atoms with Crippen molar-refractivity contribution in [3.8, 4) is 0 Å². The molecule has 30 heavy (non-hydrogen) atoms. The average molecular weight is 444 g/mol. The van der Waals surface area contributed by atoms with Gasteiger partial charge in [0.25, 0.3) is 5.56 Å². The Kier molecular flexibility index (Phi) is 6.06. The van der Waals surface area contributed by atoms with Crippen LogP contribution in [-0.4, -0.2) is 20.7 Å². The molecule has 2 heterocycles. The average Bonchev–Trinajstić information content (AvgIpc) is 3.11. The molecule has 1 aliphatic rings. The van der Waals surface area contributed by atoms with Gasteiger partial charge in [0, 0.05) is 11.4 Å². The van der Waals surface area contributed by atoms with Crippen LogP contribution in [0.15, 0.2) is 46.9 Å². The molecule has 5 nitrogen and oxygen atoms in total. The fraction of sp³-hybridized carbons (Fsp3) is 0.318. The summed E-state index contributed by atoms with van der Waals surface area (Å²) < 4.78 is 15.4. The monoisotopic (exact) mass is 443 g/mol. The first-order valence-corrected chi connectivity index (χ1v) is 11.6. The van der Waals surface area contributed by atoms with E-state index < -0.39 is 11.1 Å². The van der Waals surface area contributed by atoms with E-state index in [9.17, 15) is 14.0 Å². The summed E-state index contributed by atoms with van der Waals surface area (Å²) in [5.74, 6) is -0.842. The van der Waals surface area contributed by atoms with Crippen LogP contribution in [0.1, 0.15) is 30.2 Å². The number of nitrogens with one attached hydrogen (secondary N) is 1. The Hall–Kier alpha value is -2.45. The largest absolute Gasteiger partial charge is 0.323 e. The first-order chi connectivity index (χ1) is 14.5. The Balaban J connectivity index is 1.66. The number of carbonyl (C=O) groups is 1. The number of thiophene rings is 1. The van der Waals surface area contributed by atoms with Crippen molar-refractivity contribution in [2.45, 2.75) is 49.6 Å². The second-order valence-electron chi connectivity index (χ2n) is 7.22. The van der Waals surface area contributed by atoms with Crippen LogP contribution in [0.5, 0.6) is 0 Å². The van der Waals surface area contributed by atoms with Gasteiger partial charge in [-0.1, -0.05) is 30.0 Å². The van der Waals surface area contributed by atoms with Crippen LogP contribution < -0.4 is 10.9 Å². The second kappa shape index (κ2) is 8.73. The van der Waals surface area contributed by atoms with Crippen LogP contribution in [0.3, 0.4) is 0 Å². The number of thioether (sulfide) groups is 1. The summed E-state index contributed by atoms with van der Waals surface area (Å²) in [6, 6.07) is 6.03. The molecule has 0 bridgehead atoms. The van der Waals surface area contributed by atoms with Crippen molar-refractivity contribution < 1.29 is 9.18 Å². The first kappa shape index (κ1) is 20.8.